The highest BCUT2D eigenvalue weighted by Gasteiger charge is 2.10. The zero-order chi connectivity index (χ0) is 12.1. The normalized spacial score (nSPS) is 12.2. The zero-order valence-corrected chi connectivity index (χ0v) is 9.66. The van der Waals surface area contributed by atoms with E-state index in [2.05, 4.69) is 6.58 Å². The van der Waals surface area contributed by atoms with E-state index >= 15 is 0 Å². The van der Waals surface area contributed by atoms with Crippen molar-refractivity contribution in [3.63, 3.8) is 0 Å². The Morgan fingerprint density at radius 1 is 1.56 bits per heavy atom. The lowest BCUT2D eigenvalue weighted by atomic mass is 10.1. The molecule has 0 aromatic heterocycles. The van der Waals surface area contributed by atoms with Crippen molar-refractivity contribution >= 4 is 0 Å². The number of aliphatic hydroxyl groups is 1. The van der Waals surface area contributed by atoms with Crippen LogP contribution in [0.2, 0.25) is 0 Å². The second-order valence-corrected chi connectivity index (χ2v) is 3.91. The lowest BCUT2D eigenvalue weighted by Crippen LogP contribution is -2.03. The summed E-state index contributed by atoms with van der Waals surface area (Å²) in [5.74, 6) is 0.154. The molecule has 1 atom stereocenters. The maximum atomic E-state index is 13.0. The predicted octanol–water partition coefficient (Wildman–Crippen LogP) is 3.22. The fourth-order valence-corrected chi connectivity index (χ4v) is 1.31. The average Bonchev–Trinajstić information content (AvgIpc) is 2.19. The first-order chi connectivity index (χ1) is 7.50. The Kier molecular flexibility index (Phi) is 4.50. The van der Waals surface area contributed by atoms with Crippen molar-refractivity contribution in [1.82, 2.24) is 0 Å². The van der Waals surface area contributed by atoms with Gasteiger partial charge in [-0.05, 0) is 32.0 Å². The summed E-state index contributed by atoms with van der Waals surface area (Å²) in [7, 11) is 0. The van der Waals surface area contributed by atoms with Crippen LogP contribution in [0.1, 0.15) is 31.9 Å². The highest BCUT2D eigenvalue weighted by molar-refractivity contribution is 5.35. The van der Waals surface area contributed by atoms with Crippen LogP contribution in [0.15, 0.2) is 30.4 Å². The molecule has 0 spiro atoms. The predicted molar refractivity (Wildman–Crippen MR) is 62.0 cm³/mol. The van der Waals surface area contributed by atoms with Crippen molar-refractivity contribution in [2.24, 2.45) is 0 Å². The van der Waals surface area contributed by atoms with E-state index in [-0.39, 0.29) is 5.82 Å². The minimum Gasteiger partial charge on any atom is -0.493 e. The van der Waals surface area contributed by atoms with Gasteiger partial charge in [0.05, 0.1) is 12.7 Å². The molecule has 1 aromatic rings. The number of halogens is 1. The minimum absolute atomic E-state index is 0.372. The molecule has 0 amide bonds. The summed E-state index contributed by atoms with van der Waals surface area (Å²) in [4.78, 5) is 0. The fraction of sp³-hybridized carbons (Fsp3) is 0.385. The molecule has 0 bridgehead atoms. The number of aliphatic hydroxyl groups excluding tert-OH is 1. The largest absolute Gasteiger partial charge is 0.493 e. The summed E-state index contributed by atoms with van der Waals surface area (Å²) >= 11 is 0. The topological polar surface area (TPSA) is 29.5 Å². The smallest absolute Gasteiger partial charge is 0.125 e. The van der Waals surface area contributed by atoms with E-state index in [1.807, 2.05) is 6.92 Å². The van der Waals surface area contributed by atoms with Gasteiger partial charge >= 0.3 is 0 Å². The lowest BCUT2D eigenvalue weighted by molar-refractivity contribution is 0.191. The van der Waals surface area contributed by atoms with E-state index in [0.717, 1.165) is 12.0 Å². The molecule has 0 aliphatic rings. The molecular formula is C13H17FO2. The van der Waals surface area contributed by atoms with Crippen molar-refractivity contribution < 1.29 is 14.2 Å². The van der Waals surface area contributed by atoms with Crippen molar-refractivity contribution in [2.45, 2.75) is 26.4 Å². The van der Waals surface area contributed by atoms with Crippen LogP contribution >= 0.6 is 0 Å². The van der Waals surface area contributed by atoms with Crippen molar-refractivity contribution in [1.29, 1.82) is 0 Å². The monoisotopic (exact) mass is 224 g/mol. The minimum atomic E-state index is -0.740. The van der Waals surface area contributed by atoms with E-state index in [0.29, 0.717) is 17.9 Å². The summed E-state index contributed by atoms with van der Waals surface area (Å²) in [6.45, 7) is 7.76. The van der Waals surface area contributed by atoms with E-state index in [4.69, 9.17) is 4.74 Å². The van der Waals surface area contributed by atoms with Crippen LogP contribution in [0.4, 0.5) is 4.39 Å². The molecule has 0 aliphatic heterocycles. The molecule has 2 nitrogen and oxygen atoms in total. The summed E-state index contributed by atoms with van der Waals surface area (Å²) in [6, 6.07) is 4.15. The van der Waals surface area contributed by atoms with Gasteiger partial charge in [-0.3, -0.25) is 0 Å². The van der Waals surface area contributed by atoms with Crippen LogP contribution in [0.3, 0.4) is 0 Å². The van der Waals surface area contributed by atoms with Crippen LogP contribution in [-0.4, -0.2) is 11.7 Å². The Morgan fingerprint density at radius 2 is 2.25 bits per heavy atom. The van der Waals surface area contributed by atoms with E-state index in [1.54, 1.807) is 6.92 Å². The standard InChI is InChI=1S/C13H17FO2/c1-9(2)6-7-16-13-5-4-11(14)8-12(13)10(3)15/h4-5,8,10,15H,1,6-7H2,2-3H3/t10-/m0/s1. The van der Waals surface area contributed by atoms with E-state index < -0.39 is 6.10 Å². The van der Waals surface area contributed by atoms with Gasteiger partial charge in [-0.1, -0.05) is 5.57 Å². The Morgan fingerprint density at radius 3 is 2.81 bits per heavy atom. The lowest BCUT2D eigenvalue weighted by Gasteiger charge is -2.13. The van der Waals surface area contributed by atoms with Crippen LogP contribution in [-0.2, 0) is 0 Å². The molecule has 0 unspecified atom stereocenters. The first-order valence-electron chi connectivity index (χ1n) is 5.25. The van der Waals surface area contributed by atoms with Crippen molar-refractivity contribution in [3.05, 3.63) is 41.7 Å². The van der Waals surface area contributed by atoms with Gasteiger partial charge in [-0.15, -0.1) is 6.58 Å². The summed E-state index contributed by atoms with van der Waals surface area (Å²) in [5, 5.41) is 9.47. The summed E-state index contributed by atoms with van der Waals surface area (Å²) in [5.41, 5.74) is 1.50. The van der Waals surface area contributed by atoms with Crippen molar-refractivity contribution in [3.8, 4) is 5.75 Å². The number of ether oxygens (including phenoxy) is 1. The molecule has 16 heavy (non-hydrogen) atoms. The van der Waals surface area contributed by atoms with Gasteiger partial charge in [0.25, 0.3) is 0 Å². The van der Waals surface area contributed by atoms with E-state index in [1.165, 1.54) is 18.2 Å². The maximum absolute atomic E-state index is 13.0. The second kappa shape index (κ2) is 5.66. The maximum Gasteiger partial charge on any atom is 0.125 e. The van der Waals surface area contributed by atoms with Crippen LogP contribution in [0.25, 0.3) is 0 Å². The zero-order valence-electron chi connectivity index (χ0n) is 9.66. The molecule has 0 saturated heterocycles. The Balaban J connectivity index is 2.74. The summed E-state index contributed by atoms with van der Waals surface area (Å²) < 4.78 is 18.5. The van der Waals surface area contributed by atoms with Gasteiger partial charge in [0, 0.05) is 12.0 Å². The van der Waals surface area contributed by atoms with Crippen LogP contribution in [0.5, 0.6) is 5.75 Å². The van der Waals surface area contributed by atoms with Gasteiger partial charge in [0.2, 0.25) is 0 Å². The third-order valence-corrected chi connectivity index (χ3v) is 2.21. The molecule has 0 saturated carbocycles. The number of benzene rings is 1. The Hall–Kier alpha value is -1.35. The third-order valence-electron chi connectivity index (χ3n) is 2.21. The van der Waals surface area contributed by atoms with E-state index in [9.17, 15) is 9.50 Å². The van der Waals surface area contributed by atoms with Crippen LogP contribution < -0.4 is 4.74 Å². The Bertz CT molecular complexity index is 372. The Labute approximate surface area is 95.4 Å². The van der Waals surface area contributed by atoms with Gasteiger partial charge in [0.15, 0.2) is 0 Å². The molecular weight excluding hydrogens is 207 g/mol. The highest BCUT2D eigenvalue weighted by Crippen LogP contribution is 2.26. The van der Waals surface area contributed by atoms with Gasteiger partial charge in [-0.2, -0.15) is 0 Å². The molecule has 1 N–H and O–H groups in total. The number of hydrogen-bond acceptors (Lipinski definition) is 2. The molecule has 0 radical (unpaired) electrons. The van der Waals surface area contributed by atoms with Gasteiger partial charge in [0.1, 0.15) is 11.6 Å². The third kappa shape index (κ3) is 3.66. The fourth-order valence-electron chi connectivity index (χ4n) is 1.31. The second-order valence-electron chi connectivity index (χ2n) is 3.91. The molecule has 88 valence electrons. The first-order valence-corrected chi connectivity index (χ1v) is 5.25. The average molecular weight is 224 g/mol. The molecule has 0 fully saturated rings. The SMILES string of the molecule is C=C(C)CCOc1ccc(F)cc1[C@H](C)O. The van der Waals surface area contributed by atoms with Gasteiger partial charge in [-0.25, -0.2) is 4.39 Å². The quantitative estimate of drug-likeness (QED) is 0.778. The first kappa shape index (κ1) is 12.7. The molecule has 0 heterocycles. The van der Waals surface area contributed by atoms with Gasteiger partial charge < -0.3 is 9.84 Å². The molecule has 3 heteroatoms. The molecule has 0 aliphatic carbocycles. The summed E-state index contributed by atoms with van der Waals surface area (Å²) in [6.07, 6.45) is 0.00640. The van der Waals surface area contributed by atoms with Crippen LogP contribution in [0, 0.1) is 5.82 Å². The van der Waals surface area contributed by atoms with Crippen molar-refractivity contribution in [2.75, 3.05) is 6.61 Å². The molecule has 1 aromatic carbocycles. The number of rotatable bonds is 5. The highest BCUT2D eigenvalue weighted by atomic mass is 19.1. The molecule has 1 rings (SSSR count). The number of hydrogen-bond donors (Lipinski definition) is 1.